The lowest BCUT2D eigenvalue weighted by molar-refractivity contribution is 0.199. The van der Waals surface area contributed by atoms with Gasteiger partial charge in [0.1, 0.15) is 0 Å². The molecule has 0 radical (unpaired) electrons. The van der Waals surface area contributed by atoms with Crippen molar-refractivity contribution in [3.05, 3.63) is 0 Å². The Morgan fingerprint density at radius 1 is 0.923 bits per heavy atom. The fourth-order valence-electron chi connectivity index (χ4n) is 1.29. The summed E-state index contributed by atoms with van der Waals surface area (Å²) >= 11 is 10.8. The van der Waals surface area contributed by atoms with Crippen LogP contribution in [-0.2, 0) is 0 Å². The van der Waals surface area contributed by atoms with Gasteiger partial charge in [0, 0.05) is 6.42 Å². The quantitative estimate of drug-likeness (QED) is 0.485. The predicted octanol–water partition coefficient (Wildman–Crippen LogP) is 4.25. The maximum absolute atomic E-state index is 8.99. The zero-order chi connectivity index (χ0) is 10.2. The molecule has 0 aliphatic heterocycles. The normalized spacial score (nSPS) is 12.0. The minimum absolute atomic E-state index is 0.476. The second kappa shape index (κ2) is 7.90. The predicted molar refractivity (Wildman–Crippen MR) is 59.3 cm³/mol. The Balaban J connectivity index is 3.00. The molecule has 0 aliphatic rings. The van der Waals surface area contributed by atoms with E-state index in [0.717, 1.165) is 12.8 Å². The molecule has 0 bridgehead atoms. The highest BCUT2D eigenvalue weighted by Gasteiger charge is 2.17. The van der Waals surface area contributed by atoms with Crippen molar-refractivity contribution in [2.45, 2.75) is 62.8 Å². The van der Waals surface area contributed by atoms with E-state index in [9.17, 15) is 0 Å². The molecule has 80 valence electrons. The summed E-state index contributed by atoms with van der Waals surface area (Å²) in [6.45, 7) is 2.21. The molecule has 0 saturated carbocycles. The molecular formula is C10H20Cl2O. The van der Waals surface area contributed by atoms with Crippen LogP contribution in [0.15, 0.2) is 0 Å². The van der Waals surface area contributed by atoms with Crippen LogP contribution in [0.4, 0.5) is 0 Å². The molecule has 0 spiro atoms. The molecule has 0 aliphatic carbocycles. The summed E-state index contributed by atoms with van der Waals surface area (Å²) < 4.78 is -1.51. The van der Waals surface area contributed by atoms with Crippen molar-refractivity contribution < 1.29 is 5.11 Å². The number of aliphatic hydroxyl groups is 1. The molecule has 13 heavy (non-hydrogen) atoms. The Hall–Kier alpha value is 0.540. The summed E-state index contributed by atoms with van der Waals surface area (Å²) in [4.78, 5) is 0. The molecule has 0 fully saturated rings. The second-order valence-corrected chi connectivity index (χ2v) is 4.98. The van der Waals surface area contributed by atoms with Crippen molar-refractivity contribution >= 4 is 23.2 Å². The van der Waals surface area contributed by atoms with E-state index >= 15 is 0 Å². The third-order valence-corrected chi connectivity index (χ3v) is 2.46. The minimum Gasteiger partial charge on any atom is -0.363 e. The first-order valence-electron chi connectivity index (χ1n) is 5.16. The van der Waals surface area contributed by atoms with Gasteiger partial charge in [0.25, 0.3) is 0 Å². The first-order valence-corrected chi connectivity index (χ1v) is 5.92. The number of hydrogen-bond donors (Lipinski definition) is 1. The highest BCUT2D eigenvalue weighted by molar-refractivity contribution is 6.46. The van der Waals surface area contributed by atoms with Gasteiger partial charge >= 0.3 is 0 Å². The average molecular weight is 227 g/mol. The van der Waals surface area contributed by atoms with Gasteiger partial charge in [0.15, 0.2) is 0 Å². The standard InChI is InChI=1S/C10H20Cl2O/c1-2-3-4-5-6-7-8-9-10(11,12)13/h13H,2-9H2,1H3. The van der Waals surface area contributed by atoms with Gasteiger partial charge in [-0.2, -0.15) is 0 Å². The Labute approximate surface area is 91.4 Å². The SMILES string of the molecule is CCCCCCCCCC(O)(Cl)Cl. The van der Waals surface area contributed by atoms with E-state index < -0.39 is 4.52 Å². The number of rotatable bonds is 8. The minimum atomic E-state index is -1.51. The lowest BCUT2D eigenvalue weighted by atomic mass is 10.1. The van der Waals surface area contributed by atoms with E-state index in [0.29, 0.717) is 6.42 Å². The molecule has 1 nitrogen and oxygen atoms in total. The van der Waals surface area contributed by atoms with Gasteiger partial charge in [-0.25, -0.2) is 0 Å². The van der Waals surface area contributed by atoms with Gasteiger partial charge in [-0.1, -0.05) is 68.7 Å². The summed E-state index contributed by atoms with van der Waals surface area (Å²) in [5.74, 6) is 0. The summed E-state index contributed by atoms with van der Waals surface area (Å²) in [7, 11) is 0. The molecular weight excluding hydrogens is 207 g/mol. The topological polar surface area (TPSA) is 20.2 Å². The number of halogens is 2. The van der Waals surface area contributed by atoms with Crippen LogP contribution in [0.3, 0.4) is 0 Å². The van der Waals surface area contributed by atoms with E-state index in [4.69, 9.17) is 28.3 Å². The zero-order valence-corrected chi connectivity index (χ0v) is 9.87. The van der Waals surface area contributed by atoms with Crippen LogP contribution in [0.5, 0.6) is 0 Å². The Kier molecular flexibility index (Phi) is 8.23. The molecule has 0 unspecified atom stereocenters. The van der Waals surface area contributed by atoms with Crippen LogP contribution in [0.25, 0.3) is 0 Å². The fourth-order valence-corrected chi connectivity index (χ4v) is 1.56. The van der Waals surface area contributed by atoms with Crippen LogP contribution in [0.2, 0.25) is 0 Å². The zero-order valence-electron chi connectivity index (χ0n) is 8.36. The van der Waals surface area contributed by atoms with Gasteiger partial charge in [0.2, 0.25) is 4.52 Å². The lowest BCUT2D eigenvalue weighted by Gasteiger charge is -2.10. The van der Waals surface area contributed by atoms with E-state index in [1.807, 2.05) is 0 Å². The smallest absolute Gasteiger partial charge is 0.214 e. The monoisotopic (exact) mass is 226 g/mol. The summed E-state index contributed by atoms with van der Waals surface area (Å²) in [6, 6.07) is 0. The van der Waals surface area contributed by atoms with Crippen molar-refractivity contribution in [2.75, 3.05) is 0 Å². The maximum Gasteiger partial charge on any atom is 0.214 e. The van der Waals surface area contributed by atoms with E-state index in [1.165, 1.54) is 32.1 Å². The Morgan fingerprint density at radius 2 is 1.38 bits per heavy atom. The number of hydrogen-bond acceptors (Lipinski definition) is 1. The van der Waals surface area contributed by atoms with Crippen molar-refractivity contribution in [1.82, 2.24) is 0 Å². The number of alkyl halides is 2. The fraction of sp³-hybridized carbons (Fsp3) is 1.00. The average Bonchev–Trinajstić information content (AvgIpc) is 2.01. The van der Waals surface area contributed by atoms with Crippen LogP contribution >= 0.6 is 23.2 Å². The van der Waals surface area contributed by atoms with Crippen LogP contribution < -0.4 is 0 Å². The lowest BCUT2D eigenvalue weighted by Crippen LogP contribution is -2.09. The van der Waals surface area contributed by atoms with Crippen molar-refractivity contribution in [3.8, 4) is 0 Å². The molecule has 0 aromatic heterocycles. The third kappa shape index (κ3) is 12.5. The van der Waals surface area contributed by atoms with Crippen LogP contribution in [0.1, 0.15) is 58.3 Å². The van der Waals surface area contributed by atoms with Gasteiger partial charge < -0.3 is 5.11 Å². The molecule has 0 saturated heterocycles. The summed E-state index contributed by atoms with van der Waals surface area (Å²) in [5.41, 5.74) is 0. The molecule has 3 heteroatoms. The van der Waals surface area contributed by atoms with Crippen molar-refractivity contribution in [1.29, 1.82) is 0 Å². The summed E-state index contributed by atoms with van der Waals surface area (Å²) in [6.07, 6.45) is 8.95. The third-order valence-electron chi connectivity index (χ3n) is 2.08. The molecule has 1 N–H and O–H groups in total. The van der Waals surface area contributed by atoms with Crippen molar-refractivity contribution in [3.63, 3.8) is 0 Å². The van der Waals surface area contributed by atoms with Gasteiger partial charge in [-0.15, -0.1) is 0 Å². The Bertz CT molecular complexity index is 110. The van der Waals surface area contributed by atoms with E-state index in [2.05, 4.69) is 6.92 Å². The number of unbranched alkanes of at least 4 members (excludes halogenated alkanes) is 6. The van der Waals surface area contributed by atoms with Crippen LogP contribution in [-0.4, -0.2) is 9.63 Å². The van der Waals surface area contributed by atoms with E-state index in [1.54, 1.807) is 0 Å². The maximum atomic E-state index is 8.99. The van der Waals surface area contributed by atoms with Gasteiger partial charge in [-0.05, 0) is 6.42 Å². The first-order chi connectivity index (χ1) is 6.06. The molecule has 0 aromatic rings. The highest BCUT2D eigenvalue weighted by atomic mass is 35.5. The first kappa shape index (κ1) is 13.5. The van der Waals surface area contributed by atoms with E-state index in [-0.39, 0.29) is 0 Å². The van der Waals surface area contributed by atoms with Crippen molar-refractivity contribution in [2.24, 2.45) is 0 Å². The molecule has 0 heterocycles. The Morgan fingerprint density at radius 3 is 1.85 bits per heavy atom. The molecule has 0 aromatic carbocycles. The summed E-state index contributed by atoms with van der Waals surface area (Å²) in [5, 5.41) is 8.99. The molecule has 0 atom stereocenters. The second-order valence-electron chi connectivity index (χ2n) is 3.54. The van der Waals surface area contributed by atoms with Crippen LogP contribution in [0, 0.1) is 0 Å². The highest BCUT2D eigenvalue weighted by Crippen LogP contribution is 2.24. The molecule has 0 amide bonds. The largest absolute Gasteiger partial charge is 0.363 e. The van der Waals surface area contributed by atoms with Gasteiger partial charge in [-0.3, -0.25) is 0 Å². The van der Waals surface area contributed by atoms with Gasteiger partial charge in [0.05, 0.1) is 0 Å². The molecule has 0 rings (SSSR count).